The highest BCUT2D eigenvalue weighted by atomic mass is 35.5. The quantitative estimate of drug-likeness (QED) is 0.694. The third-order valence-corrected chi connectivity index (χ3v) is 4.26. The Morgan fingerprint density at radius 2 is 1.58 bits per heavy atom. The van der Waals surface area contributed by atoms with E-state index in [1.54, 1.807) is 12.1 Å². The van der Waals surface area contributed by atoms with Gasteiger partial charge in [0.15, 0.2) is 13.1 Å². The zero-order valence-corrected chi connectivity index (χ0v) is 16.1. The standard InChI is InChI=1S/C20H24ClN3O2/c1-14-4-10-18(11-5-14)23-20(26)13-24(3)12-19(25)22-15(2)16-6-8-17(21)9-7-16/h4-11,15H,12-13H2,1-3H3,(H,22,25)(H,23,26)/p+1/t15-/m1/s1. The van der Waals surface area contributed by atoms with Crippen LogP contribution in [0.3, 0.4) is 0 Å². The fraction of sp³-hybridized carbons (Fsp3) is 0.300. The normalized spacial score (nSPS) is 12.9. The number of rotatable bonds is 7. The molecular weight excluding hydrogens is 350 g/mol. The van der Waals surface area contributed by atoms with Gasteiger partial charge in [-0.25, -0.2) is 0 Å². The smallest absolute Gasteiger partial charge is 0.279 e. The molecular formula is C20H25ClN3O2+. The van der Waals surface area contributed by atoms with Crippen molar-refractivity contribution < 1.29 is 14.5 Å². The summed E-state index contributed by atoms with van der Waals surface area (Å²) >= 11 is 5.88. The lowest BCUT2D eigenvalue weighted by Gasteiger charge is -2.17. The van der Waals surface area contributed by atoms with Gasteiger partial charge in [0.1, 0.15) is 0 Å². The Balaban J connectivity index is 1.78. The number of likely N-dealkylation sites (N-methyl/N-ethyl adjacent to an activating group) is 1. The van der Waals surface area contributed by atoms with E-state index < -0.39 is 0 Å². The minimum absolute atomic E-state index is 0.104. The number of nitrogens with one attached hydrogen (secondary N) is 3. The van der Waals surface area contributed by atoms with Crippen molar-refractivity contribution in [2.45, 2.75) is 19.9 Å². The van der Waals surface area contributed by atoms with Gasteiger partial charge in [0.25, 0.3) is 11.8 Å². The molecule has 5 nitrogen and oxygen atoms in total. The summed E-state index contributed by atoms with van der Waals surface area (Å²) in [5.41, 5.74) is 2.88. The van der Waals surface area contributed by atoms with E-state index in [2.05, 4.69) is 10.6 Å². The topological polar surface area (TPSA) is 62.6 Å². The third kappa shape index (κ3) is 6.50. The minimum atomic E-state index is -0.120. The van der Waals surface area contributed by atoms with Crippen molar-refractivity contribution in [3.8, 4) is 0 Å². The molecule has 2 atom stereocenters. The van der Waals surface area contributed by atoms with Crippen molar-refractivity contribution in [2.75, 3.05) is 25.5 Å². The molecule has 26 heavy (non-hydrogen) atoms. The molecule has 2 aromatic rings. The van der Waals surface area contributed by atoms with Crippen LogP contribution in [-0.4, -0.2) is 32.0 Å². The number of hydrogen-bond acceptors (Lipinski definition) is 2. The summed E-state index contributed by atoms with van der Waals surface area (Å²) in [6.07, 6.45) is 0. The molecule has 0 saturated heterocycles. The van der Waals surface area contributed by atoms with Crippen molar-refractivity contribution in [1.29, 1.82) is 0 Å². The fourth-order valence-corrected chi connectivity index (χ4v) is 2.71. The molecule has 2 rings (SSSR count). The van der Waals surface area contributed by atoms with Crippen LogP contribution >= 0.6 is 11.6 Å². The van der Waals surface area contributed by atoms with Gasteiger partial charge in [-0.2, -0.15) is 0 Å². The van der Waals surface area contributed by atoms with Crippen LogP contribution in [0.4, 0.5) is 5.69 Å². The Kier molecular flexibility index (Phi) is 7.18. The Bertz CT molecular complexity index is 745. The predicted octanol–water partition coefficient (Wildman–Crippen LogP) is 1.98. The Morgan fingerprint density at radius 1 is 1.00 bits per heavy atom. The second-order valence-corrected chi connectivity index (χ2v) is 7.00. The molecule has 0 spiro atoms. The first-order valence-electron chi connectivity index (χ1n) is 8.56. The number of hydrogen-bond donors (Lipinski definition) is 3. The minimum Gasteiger partial charge on any atom is -0.345 e. The van der Waals surface area contributed by atoms with E-state index in [9.17, 15) is 9.59 Å². The molecule has 0 bridgehead atoms. The van der Waals surface area contributed by atoms with E-state index in [1.165, 1.54) is 0 Å². The molecule has 1 unspecified atom stereocenters. The van der Waals surface area contributed by atoms with E-state index in [1.807, 2.05) is 57.3 Å². The molecule has 0 radical (unpaired) electrons. The largest absolute Gasteiger partial charge is 0.345 e. The van der Waals surface area contributed by atoms with Gasteiger partial charge in [-0.05, 0) is 43.7 Å². The Labute approximate surface area is 159 Å². The zero-order chi connectivity index (χ0) is 19.1. The number of carbonyl (C=O) groups is 2. The SMILES string of the molecule is Cc1ccc(NC(=O)C[NH+](C)CC(=O)N[C@H](C)c2ccc(Cl)cc2)cc1. The number of anilines is 1. The van der Waals surface area contributed by atoms with Gasteiger partial charge in [0.2, 0.25) is 0 Å². The summed E-state index contributed by atoms with van der Waals surface area (Å²) < 4.78 is 0. The van der Waals surface area contributed by atoms with Crippen molar-refractivity contribution >= 4 is 29.1 Å². The Hall–Kier alpha value is -2.37. The summed E-state index contributed by atoms with van der Waals surface area (Å²) in [5, 5.41) is 6.45. The number of aryl methyl sites for hydroxylation is 1. The lowest BCUT2D eigenvalue weighted by Crippen LogP contribution is -3.11. The van der Waals surface area contributed by atoms with Crippen LogP contribution in [0, 0.1) is 6.92 Å². The highest BCUT2D eigenvalue weighted by Gasteiger charge is 2.16. The van der Waals surface area contributed by atoms with Crippen molar-refractivity contribution in [2.24, 2.45) is 0 Å². The van der Waals surface area contributed by atoms with Crippen LogP contribution in [0.2, 0.25) is 5.02 Å². The van der Waals surface area contributed by atoms with Crippen LogP contribution in [0.5, 0.6) is 0 Å². The fourth-order valence-electron chi connectivity index (χ4n) is 2.58. The van der Waals surface area contributed by atoms with Crippen molar-refractivity contribution in [3.05, 3.63) is 64.7 Å². The van der Waals surface area contributed by atoms with Gasteiger partial charge in [0, 0.05) is 10.7 Å². The molecule has 0 aliphatic rings. The number of halogens is 1. The first-order chi connectivity index (χ1) is 12.3. The Morgan fingerprint density at radius 3 is 2.19 bits per heavy atom. The monoisotopic (exact) mass is 374 g/mol. The van der Waals surface area contributed by atoms with Gasteiger partial charge < -0.3 is 15.5 Å². The van der Waals surface area contributed by atoms with Gasteiger partial charge in [-0.15, -0.1) is 0 Å². The van der Waals surface area contributed by atoms with Gasteiger partial charge in [-0.1, -0.05) is 41.4 Å². The van der Waals surface area contributed by atoms with E-state index in [-0.39, 0.29) is 30.9 Å². The molecule has 2 aromatic carbocycles. The van der Waals surface area contributed by atoms with Gasteiger partial charge in [-0.3, -0.25) is 9.59 Å². The van der Waals surface area contributed by atoms with E-state index in [0.717, 1.165) is 21.7 Å². The molecule has 0 saturated carbocycles. The molecule has 0 aliphatic carbocycles. The summed E-state index contributed by atoms with van der Waals surface area (Å²) in [6, 6.07) is 14.9. The lowest BCUT2D eigenvalue weighted by molar-refractivity contribution is -0.862. The summed E-state index contributed by atoms with van der Waals surface area (Å²) in [4.78, 5) is 25.1. The molecule has 3 N–H and O–H groups in total. The van der Waals surface area contributed by atoms with Crippen LogP contribution in [0.15, 0.2) is 48.5 Å². The molecule has 6 heteroatoms. The highest BCUT2D eigenvalue weighted by molar-refractivity contribution is 6.30. The summed E-state index contributed by atoms with van der Waals surface area (Å²) in [6.45, 7) is 4.35. The number of quaternary nitrogens is 1. The molecule has 138 valence electrons. The number of amides is 2. The average molecular weight is 375 g/mol. The maximum atomic E-state index is 12.2. The molecule has 0 heterocycles. The van der Waals surface area contributed by atoms with E-state index in [4.69, 9.17) is 11.6 Å². The van der Waals surface area contributed by atoms with E-state index >= 15 is 0 Å². The third-order valence-electron chi connectivity index (χ3n) is 4.01. The van der Waals surface area contributed by atoms with Crippen molar-refractivity contribution in [1.82, 2.24) is 5.32 Å². The second kappa shape index (κ2) is 9.36. The van der Waals surface area contributed by atoms with Crippen LogP contribution in [0.25, 0.3) is 0 Å². The molecule has 0 aromatic heterocycles. The molecule has 2 amide bonds. The van der Waals surface area contributed by atoms with Crippen LogP contribution in [0.1, 0.15) is 24.1 Å². The predicted molar refractivity (Wildman–Crippen MR) is 104 cm³/mol. The number of carbonyl (C=O) groups excluding carboxylic acids is 2. The van der Waals surface area contributed by atoms with Gasteiger partial charge >= 0.3 is 0 Å². The first-order valence-corrected chi connectivity index (χ1v) is 8.94. The maximum absolute atomic E-state index is 12.2. The molecule has 0 fully saturated rings. The lowest BCUT2D eigenvalue weighted by atomic mass is 10.1. The van der Waals surface area contributed by atoms with Crippen molar-refractivity contribution in [3.63, 3.8) is 0 Å². The van der Waals surface area contributed by atoms with Gasteiger partial charge in [0.05, 0.1) is 13.1 Å². The highest BCUT2D eigenvalue weighted by Crippen LogP contribution is 2.15. The van der Waals surface area contributed by atoms with E-state index in [0.29, 0.717) is 5.02 Å². The van der Waals surface area contributed by atoms with Crippen LogP contribution < -0.4 is 15.5 Å². The zero-order valence-electron chi connectivity index (χ0n) is 15.3. The second-order valence-electron chi connectivity index (χ2n) is 6.57. The number of benzene rings is 2. The summed E-state index contributed by atoms with van der Waals surface area (Å²) in [7, 11) is 1.82. The maximum Gasteiger partial charge on any atom is 0.279 e. The van der Waals surface area contributed by atoms with Crippen LogP contribution in [-0.2, 0) is 9.59 Å². The average Bonchev–Trinajstić information content (AvgIpc) is 2.57. The molecule has 0 aliphatic heterocycles. The summed E-state index contributed by atoms with van der Waals surface area (Å²) in [5.74, 6) is -0.224. The first kappa shape index (κ1) is 19.9.